The molecule has 0 amide bonds. The summed E-state index contributed by atoms with van der Waals surface area (Å²) in [5.74, 6) is 1.14. The van der Waals surface area contributed by atoms with Gasteiger partial charge in [-0.1, -0.05) is 12.1 Å². The lowest BCUT2D eigenvalue weighted by Gasteiger charge is -2.21. The molecule has 3 aromatic rings. The van der Waals surface area contributed by atoms with Crippen molar-refractivity contribution in [3.63, 3.8) is 0 Å². The van der Waals surface area contributed by atoms with E-state index in [1.165, 1.54) is 6.07 Å². The van der Waals surface area contributed by atoms with Gasteiger partial charge in [-0.05, 0) is 51.6 Å². The maximum absolute atomic E-state index is 13.1. The van der Waals surface area contributed by atoms with Crippen molar-refractivity contribution in [2.75, 3.05) is 43.4 Å². The van der Waals surface area contributed by atoms with Gasteiger partial charge >= 0.3 is 6.18 Å². The molecule has 0 unspecified atom stereocenters. The molecule has 7 nitrogen and oxygen atoms in total. The van der Waals surface area contributed by atoms with Crippen LogP contribution in [0.5, 0.6) is 0 Å². The van der Waals surface area contributed by atoms with Gasteiger partial charge in [0.15, 0.2) is 17.0 Å². The largest absolute Gasteiger partial charge is 0.416 e. The van der Waals surface area contributed by atoms with Gasteiger partial charge in [0.2, 0.25) is 5.95 Å². The minimum atomic E-state index is -4.37. The molecule has 0 radical (unpaired) electrons. The van der Waals surface area contributed by atoms with E-state index in [1.54, 1.807) is 12.4 Å². The van der Waals surface area contributed by atoms with Crippen molar-refractivity contribution >= 4 is 22.9 Å². The molecule has 1 saturated heterocycles. The predicted molar refractivity (Wildman–Crippen MR) is 119 cm³/mol. The molecule has 1 aromatic carbocycles. The van der Waals surface area contributed by atoms with E-state index in [0.29, 0.717) is 28.5 Å². The highest BCUT2D eigenvalue weighted by Crippen LogP contribution is 2.30. The maximum Gasteiger partial charge on any atom is 0.416 e. The number of fused-ring (bicyclic) bond motifs is 1. The van der Waals surface area contributed by atoms with Gasteiger partial charge in [0.05, 0.1) is 11.9 Å². The van der Waals surface area contributed by atoms with Gasteiger partial charge in [-0.3, -0.25) is 0 Å². The molecule has 1 N–H and O–H groups in total. The van der Waals surface area contributed by atoms with E-state index in [1.807, 2.05) is 4.57 Å². The smallest absolute Gasteiger partial charge is 0.364 e. The van der Waals surface area contributed by atoms with Crippen LogP contribution in [-0.2, 0) is 12.7 Å². The summed E-state index contributed by atoms with van der Waals surface area (Å²) in [4.78, 5) is 18.5. The van der Waals surface area contributed by atoms with Crippen LogP contribution in [0.2, 0.25) is 0 Å². The van der Waals surface area contributed by atoms with Crippen LogP contribution in [0, 0.1) is 0 Å². The van der Waals surface area contributed by atoms with E-state index in [4.69, 9.17) is 9.97 Å². The topological polar surface area (TPSA) is 62.1 Å². The molecule has 0 spiro atoms. The van der Waals surface area contributed by atoms with E-state index < -0.39 is 11.7 Å². The molecule has 1 fully saturated rings. The predicted octanol–water partition coefficient (Wildman–Crippen LogP) is 4.18. The van der Waals surface area contributed by atoms with Gasteiger partial charge in [-0.2, -0.15) is 23.1 Å². The molecule has 0 aliphatic carbocycles. The molecular weight excluding hydrogens is 419 g/mol. The van der Waals surface area contributed by atoms with E-state index in [9.17, 15) is 13.2 Å². The Hall–Kier alpha value is -2.88. The Bertz CT molecular complexity index is 1080. The van der Waals surface area contributed by atoms with E-state index in [-0.39, 0.29) is 12.6 Å². The highest BCUT2D eigenvalue weighted by atomic mass is 19.4. The normalized spacial score (nSPS) is 16.0. The summed E-state index contributed by atoms with van der Waals surface area (Å²) in [7, 11) is 2.10. The maximum atomic E-state index is 13.1. The Morgan fingerprint density at radius 3 is 2.66 bits per heavy atom. The molecule has 10 heteroatoms. The van der Waals surface area contributed by atoms with Crippen LogP contribution in [0.15, 0.2) is 30.6 Å². The molecule has 3 heterocycles. The molecule has 172 valence electrons. The number of benzene rings is 1. The number of anilines is 2. The second-order valence-corrected chi connectivity index (χ2v) is 8.49. The first-order valence-corrected chi connectivity index (χ1v) is 10.8. The van der Waals surface area contributed by atoms with Crippen molar-refractivity contribution in [2.45, 2.75) is 39.0 Å². The Morgan fingerprint density at radius 1 is 1.09 bits per heavy atom. The monoisotopic (exact) mass is 447 g/mol. The van der Waals surface area contributed by atoms with E-state index in [0.717, 1.165) is 44.7 Å². The highest BCUT2D eigenvalue weighted by molar-refractivity contribution is 5.84. The molecule has 32 heavy (non-hydrogen) atoms. The number of alkyl halides is 3. The lowest BCUT2D eigenvalue weighted by molar-refractivity contribution is -0.137. The summed E-state index contributed by atoms with van der Waals surface area (Å²) >= 11 is 0. The fraction of sp³-hybridized carbons (Fsp3) is 0.500. The molecule has 1 aliphatic rings. The summed E-state index contributed by atoms with van der Waals surface area (Å²) in [6.45, 7) is 7.90. The summed E-state index contributed by atoms with van der Waals surface area (Å²) in [6.07, 6.45) is -1.63. The number of nitrogens with one attached hydrogen (secondary N) is 1. The van der Waals surface area contributed by atoms with Gasteiger partial charge in [-0.15, -0.1) is 0 Å². The number of nitrogens with zero attached hydrogens (tertiary/aromatic N) is 6. The molecule has 4 rings (SSSR count). The first-order valence-electron chi connectivity index (χ1n) is 10.8. The van der Waals surface area contributed by atoms with E-state index >= 15 is 0 Å². The zero-order valence-electron chi connectivity index (χ0n) is 18.5. The van der Waals surface area contributed by atoms with Crippen molar-refractivity contribution in [1.82, 2.24) is 24.4 Å². The third-order valence-electron chi connectivity index (χ3n) is 5.68. The number of hydrogen-bond donors (Lipinski definition) is 1. The summed E-state index contributed by atoms with van der Waals surface area (Å²) in [6, 6.07) is 5.48. The average Bonchev–Trinajstić information content (AvgIpc) is 3.06. The number of halogens is 3. The SMILES string of the molecule is CC(C)n1cnc2c(NCc3cccc(C(F)(F)F)c3)nc(N3CCCN(C)CC3)nc21. The first-order chi connectivity index (χ1) is 15.2. The first kappa shape index (κ1) is 22.3. The van der Waals surface area contributed by atoms with Gasteiger partial charge in [0.25, 0.3) is 0 Å². The second kappa shape index (κ2) is 8.93. The number of hydrogen-bond acceptors (Lipinski definition) is 6. The minimum Gasteiger partial charge on any atom is -0.364 e. The van der Waals surface area contributed by atoms with Crippen LogP contribution in [0.1, 0.15) is 37.4 Å². The Labute approximate surface area is 185 Å². The Morgan fingerprint density at radius 2 is 1.91 bits per heavy atom. The highest BCUT2D eigenvalue weighted by Gasteiger charge is 2.30. The molecule has 0 saturated carbocycles. The summed E-state index contributed by atoms with van der Waals surface area (Å²) < 4.78 is 41.2. The number of aromatic nitrogens is 4. The summed E-state index contributed by atoms with van der Waals surface area (Å²) in [5.41, 5.74) is 1.19. The fourth-order valence-electron chi connectivity index (χ4n) is 3.84. The van der Waals surface area contributed by atoms with Gasteiger partial charge in [-0.25, -0.2) is 4.98 Å². The third-order valence-corrected chi connectivity index (χ3v) is 5.68. The number of imidazole rings is 1. The van der Waals surface area contributed by atoms with Crippen LogP contribution in [-0.4, -0.2) is 57.6 Å². The second-order valence-electron chi connectivity index (χ2n) is 8.49. The zero-order valence-corrected chi connectivity index (χ0v) is 18.5. The Balaban J connectivity index is 1.67. The molecule has 0 atom stereocenters. The van der Waals surface area contributed by atoms with Crippen LogP contribution in [0.4, 0.5) is 24.9 Å². The van der Waals surface area contributed by atoms with E-state index in [2.05, 4.69) is 41.0 Å². The van der Waals surface area contributed by atoms with Gasteiger partial charge < -0.3 is 19.7 Å². The molecule has 0 bridgehead atoms. The van der Waals surface area contributed by atoms with Crippen molar-refractivity contribution in [3.05, 3.63) is 41.7 Å². The standard InChI is InChI=1S/C22H28F3N7/c1-15(2)32-14-27-18-19(26-13-16-6-4-7-17(12-16)22(23,24)25)28-21(29-20(18)32)31-9-5-8-30(3)10-11-31/h4,6-7,12,14-15H,5,8-11,13H2,1-3H3,(H,26,28,29). The fourth-order valence-corrected chi connectivity index (χ4v) is 3.84. The van der Waals surface area contributed by atoms with Crippen molar-refractivity contribution < 1.29 is 13.2 Å². The van der Waals surface area contributed by atoms with Crippen molar-refractivity contribution in [1.29, 1.82) is 0 Å². The lowest BCUT2D eigenvalue weighted by atomic mass is 10.1. The van der Waals surface area contributed by atoms with Crippen molar-refractivity contribution in [2.24, 2.45) is 0 Å². The lowest BCUT2D eigenvalue weighted by Crippen LogP contribution is -2.30. The van der Waals surface area contributed by atoms with Crippen LogP contribution in [0.25, 0.3) is 11.2 Å². The van der Waals surface area contributed by atoms with Gasteiger partial charge in [0.1, 0.15) is 0 Å². The number of rotatable bonds is 5. The molecule has 2 aromatic heterocycles. The van der Waals surface area contributed by atoms with Crippen LogP contribution < -0.4 is 10.2 Å². The van der Waals surface area contributed by atoms with Crippen LogP contribution >= 0.6 is 0 Å². The summed E-state index contributed by atoms with van der Waals surface area (Å²) in [5, 5.41) is 3.21. The molecular formula is C22H28F3N7. The minimum absolute atomic E-state index is 0.161. The van der Waals surface area contributed by atoms with Gasteiger partial charge in [0, 0.05) is 32.2 Å². The number of likely N-dealkylation sites (N-methyl/N-ethyl adjacent to an activating group) is 1. The van der Waals surface area contributed by atoms with Crippen molar-refractivity contribution in [3.8, 4) is 0 Å². The van der Waals surface area contributed by atoms with Crippen LogP contribution in [0.3, 0.4) is 0 Å². The average molecular weight is 448 g/mol. The molecule has 1 aliphatic heterocycles. The third kappa shape index (κ3) is 4.79. The quantitative estimate of drug-likeness (QED) is 0.633. The Kier molecular flexibility index (Phi) is 6.23. The zero-order chi connectivity index (χ0) is 22.9.